The molecule has 0 spiro atoms. The van der Waals surface area contributed by atoms with Crippen LogP contribution in [0.15, 0.2) is 182 Å². The monoisotopic (exact) mass is 763 g/mol. The van der Waals surface area contributed by atoms with Crippen molar-refractivity contribution < 1.29 is 4.39 Å². The maximum Gasteiger partial charge on any atom is 0.238 e. The lowest BCUT2D eigenvalue weighted by atomic mass is 10.0. The Morgan fingerprint density at radius 2 is 0.914 bits per heavy atom. The van der Waals surface area contributed by atoms with Gasteiger partial charge in [-0.3, -0.25) is 4.57 Å². The van der Waals surface area contributed by atoms with Crippen LogP contribution < -0.4 is 0 Å². The Bertz CT molecular complexity index is 3590. The zero-order valence-corrected chi connectivity index (χ0v) is 31.7. The van der Waals surface area contributed by atoms with Crippen molar-refractivity contribution >= 4 is 75.1 Å². The first-order chi connectivity index (χ1) is 28.7. The highest BCUT2D eigenvalue weighted by Gasteiger charge is 2.21. The summed E-state index contributed by atoms with van der Waals surface area (Å²) in [6.45, 7) is 0. The van der Waals surface area contributed by atoms with Crippen LogP contribution in [0, 0.1) is 5.82 Å². The van der Waals surface area contributed by atoms with E-state index >= 15 is 4.39 Å². The van der Waals surface area contributed by atoms with E-state index in [9.17, 15) is 0 Å². The molecular formula is C51H30FN5S. The topological polar surface area (TPSA) is 48.5 Å². The molecule has 5 nitrogen and oxygen atoms in total. The number of fused-ring (bicyclic) bond motifs is 9. The normalized spacial score (nSPS) is 11.9. The van der Waals surface area contributed by atoms with Gasteiger partial charge in [-0.25, -0.2) is 9.37 Å². The lowest BCUT2D eigenvalue weighted by Crippen LogP contribution is -2.06. The highest BCUT2D eigenvalue weighted by Crippen LogP contribution is 2.42. The summed E-state index contributed by atoms with van der Waals surface area (Å²) < 4.78 is 21.1. The molecule has 272 valence electrons. The summed E-state index contributed by atoms with van der Waals surface area (Å²) in [5.41, 5.74) is 9.47. The van der Waals surface area contributed by atoms with Crippen LogP contribution in [0.25, 0.3) is 109 Å². The lowest BCUT2D eigenvalue weighted by molar-refractivity contribution is 0.642. The fraction of sp³-hybridized carbons (Fsp3) is 0. The molecule has 7 heteroatoms. The van der Waals surface area contributed by atoms with E-state index in [1.165, 1.54) is 39.2 Å². The summed E-state index contributed by atoms with van der Waals surface area (Å²) in [5.74, 6) is 1.39. The van der Waals surface area contributed by atoms with E-state index in [0.29, 0.717) is 22.3 Å². The van der Waals surface area contributed by atoms with Crippen molar-refractivity contribution in [1.82, 2.24) is 24.1 Å². The molecule has 0 unspecified atom stereocenters. The van der Waals surface area contributed by atoms with Crippen LogP contribution in [0.4, 0.5) is 4.39 Å². The maximum atomic E-state index is 15.1. The van der Waals surface area contributed by atoms with Crippen LogP contribution in [0.3, 0.4) is 0 Å². The van der Waals surface area contributed by atoms with Crippen molar-refractivity contribution in [2.24, 2.45) is 0 Å². The van der Waals surface area contributed by atoms with Crippen LogP contribution in [0.1, 0.15) is 0 Å². The van der Waals surface area contributed by atoms with Crippen LogP contribution in [0.5, 0.6) is 0 Å². The van der Waals surface area contributed by atoms with Crippen molar-refractivity contribution in [3.63, 3.8) is 0 Å². The van der Waals surface area contributed by atoms with E-state index < -0.39 is 0 Å². The van der Waals surface area contributed by atoms with Gasteiger partial charge in [0.2, 0.25) is 5.95 Å². The molecule has 12 aromatic rings. The molecule has 0 radical (unpaired) electrons. The van der Waals surface area contributed by atoms with E-state index in [1.807, 2.05) is 54.6 Å². The molecule has 58 heavy (non-hydrogen) atoms. The van der Waals surface area contributed by atoms with E-state index in [-0.39, 0.29) is 5.82 Å². The summed E-state index contributed by atoms with van der Waals surface area (Å²) in [6, 6.07) is 62.4. The first kappa shape index (κ1) is 32.7. The number of rotatable bonds is 5. The molecular weight excluding hydrogens is 734 g/mol. The van der Waals surface area contributed by atoms with Gasteiger partial charge >= 0.3 is 0 Å². The predicted octanol–water partition coefficient (Wildman–Crippen LogP) is 13.6. The number of nitrogens with zero attached hydrogens (tertiary/aromatic N) is 5. The Morgan fingerprint density at radius 3 is 1.62 bits per heavy atom. The van der Waals surface area contributed by atoms with Gasteiger partial charge in [-0.2, -0.15) is 9.97 Å². The highest BCUT2D eigenvalue weighted by molar-refractivity contribution is 7.26. The van der Waals surface area contributed by atoms with E-state index in [4.69, 9.17) is 15.0 Å². The van der Waals surface area contributed by atoms with Crippen LogP contribution in [-0.2, 0) is 0 Å². The number of benzene rings is 8. The van der Waals surface area contributed by atoms with Gasteiger partial charge in [0.05, 0.1) is 26.8 Å². The first-order valence-electron chi connectivity index (χ1n) is 19.2. The Balaban J connectivity index is 1.06. The molecule has 0 bridgehead atoms. The van der Waals surface area contributed by atoms with Crippen molar-refractivity contribution in [1.29, 1.82) is 0 Å². The molecule has 0 saturated heterocycles. The Hall–Kier alpha value is -7.48. The molecule has 0 aliphatic heterocycles. The number of para-hydroxylation sites is 3. The average molecular weight is 764 g/mol. The number of thiophene rings is 1. The molecule has 0 atom stereocenters. The molecule has 0 aliphatic carbocycles. The highest BCUT2D eigenvalue weighted by atomic mass is 32.1. The third-order valence-corrected chi connectivity index (χ3v) is 12.5. The molecule has 0 amide bonds. The molecule has 0 fully saturated rings. The molecule has 0 aliphatic rings. The quantitative estimate of drug-likeness (QED) is 0.175. The van der Waals surface area contributed by atoms with Crippen molar-refractivity contribution in [3.8, 4) is 45.5 Å². The largest absolute Gasteiger partial charge is 0.309 e. The molecule has 12 rings (SSSR count). The Morgan fingerprint density at radius 1 is 0.379 bits per heavy atom. The van der Waals surface area contributed by atoms with E-state index in [1.54, 1.807) is 6.07 Å². The number of hydrogen-bond acceptors (Lipinski definition) is 4. The van der Waals surface area contributed by atoms with Gasteiger partial charge in [-0.15, -0.1) is 11.3 Å². The molecule has 4 heterocycles. The minimum atomic E-state index is -0.227. The Kier molecular flexibility index (Phi) is 7.21. The van der Waals surface area contributed by atoms with Crippen molar-refractivity contribution in [3.05, 3.63) is 188 Å². The molecule has 8 aromatic carbocycles. The summed E-state index contributed by atoms with van der Waals surface area (Å²) in [4.78, 5) is 15.5. The fourth-order valence-corrected chi connectivity index (χ4v) is 9.85. The Labute approximate surface area is 335 Å². The molecule has 0 saturated carbocycles. The minimum Gasteiger partial charge on any atom is -0.309 e. The van der Waals surface area contributed by atoms with Gasteiger partial charge in [0.15, 0.2) is 11.6 Å². The second kappa shape index (κ2) is 12.8. The number of aromatic nitrogens is 5. The van der Waals surface area contributed by atoms with Gasteiger partial charge in [0.25, 0.3) is 0 Å². The fourth-order valence-electron chi connectivity index (χ4n) is 8.64. The van der Waals surface area contributed by atoms with Crippen LogP contribution in [0.2, 0.25) is 0 Å². The van der Waals surface area contributed by atoms with E-state index in [0.717, 1.165) is 65.2 Å². The minimum absolute atomic E-state index is 0.227. The van der Waals surface area contributed by atoms with Gasteiger partial charge in [0.1, 0.15) is 5.82 Å². The van der Waals surface area contributed by atoms with Crippen molar-refractivity contribution in [2.45, 2.75) is 0 Å². The standard InChI is InChI=1S/C51H30FN5S/c52-42-22-12-20-38-37-19-11-21-39(47(37)58-48(38)42)50-53-49(31-13-3-1-4-14-31)54-51(55-50)57-44-24-10-8-18-36(44)41-30-33(26-28-46(41)57)32-25-27-45-40(29-32)35-17-7-9-23-43(35)56(45)34-15-5-2-6-16-34/h1-30H. The summed E-state index contributed by atoms with van der Waals surface area (Å²) >= 11 is 1.44. The second-order valence-corrected chi connectivity index (χ2v) is 15.6. The maximum absolute atomic E-state index is 15.1. The van der Waals surface area contributed by atoms with Gasteiger partial charge in [-0.05, 0) is 71.8 Å². The van der Waals surface area contributed by atoms with Gasteiger partial charge in [0, 0.05) is 53.8 Å². The zero-order chi connectivity index (χ0) is 38.3. The van der Waals surface area contributed by atoms with Crippen molar-refractivity contribution in [2.75, 3.05) is 0 Å². The summed E-state index contributed by atoms with van der Waals surface area (Å²) in [5, 5.41) is 6.50. The smallest absolute Gasteiger partial charge is 0.238 e. The second-order valence-electron chi connectivity index (χ2n) is 14.6. The summed E-state index contributed by atoms with van der Waals surface area (Å²) in [6.07, 6.45) is 0. The average Bonchev–Trinajstić information content (AvgIpc) is 3.95. The molecule has 4 aromatic heterocycles. The number of hydrogen-bond donors (Lipinski definition) is 0. The van der Waals surface area contributed by atoms with Gasteiger partial charge < -0.3 is 4.57 Å². The van der Waals surface area contributed by atoms with Gasteiger partial charge in [-0.1, -0.05) is 121 Å². The van der Waals surface area contributed by atoms with Crippen LogP contribution >= 0.6 is 11.3 Å². The first-order valence-corrected chi connectivity index (χ1v) is 20.0. The summed E-state index contributed by atoms with van der Waals surface area (Å²) in [7, 11) is 0. The molecule has 0 N–H and O–H groups in total. The third-order valence-electron chi connectivity index (χ3n) is 11.3. The lowest BCUT2D eigenvalue weighted by Gasteiger charge is -2.11. The van der Waals surface area contributed by atoms with E-state index in [2.05, 4.69) is 124 Å². The third kappa shape index (κ3) is 4.97. The van der Waals surface area contributed by atoms with Crippen LogP contribution in [-0.4, -0.2) is 24.1 Å². The SMILES string of the molecule is Fc1cccc2c1sc1c(-c3nc(-c4ccccc4)nc(-n4c5ccccc5c5cc(-c6ccc7c(c6)c6ccccc6n7-c6ccccc6)ccc54)n3)cccc12. The predicted molar refractivity (Wildman–Crippen MR) is 238 cm³/mol. The zero-order valence-electron chi connectivity index (χ0n) is 30.8. The number of halogens is 1.